The summed E-state index contributed by atoms with van der Waals surface area (Å²) >= 11 is 0. The van der Waals surface area contributed by atoms with Gasteiger partial charge in [-0.05, 0) is 37.1 Å². The number of para-hydroxylation sites is 2. The molecule has 4 aromatic heterocycles. The highest BCUT2D eigenvalue weighted by Gasteiger charge is 2.25. The largest absolute Gasteiger partial charge is 0.337 e. The van der Waals surface area contributed by atoms with E-state index in [1.807, 2.05) is 36.4 Å². The molecule has 1 aromatic carbocycles. The molecular formula is C23H19N7O. The van der Waals surface area contributed by atoms with Crippen LogP contribution in [0.5, 0.6) is 0 Å². The first-order valence-electron chi connectivity index (χ1n) is 10.3. The Labute approximate surface area is 177 Å². The summed E-state index contributed by atoms with van der Waals surface area (Å²) in [5.41, 5.74) is 5.66. The average Bonchev–Trinajstić information content (AvgIpc) is 3.36. The highest BCUT2D eigenvalue weighted by molar-refractivity contribution is 5.95. The molecule has 0 atom stereocenters. The Morgan fingerprint density at radius 3 is 2.81 bits per heavy atom. The number of rotatable bonds is 4. The molecule has 8 heteroatoms. The van der Waals surface area contributed by atoms with Gasteiger partial charge >= 0.3 is 0 Å². The first-order valence-corrected chi connectivity index (χ1v) is 10.3. The maximum Gasteiger partial charge on any atom is 0.227 e. The number of H-pyrrole nitrogens is 2. The van der Waals surface area contributed by atoms with E-state index in [2.05, 4.69) is 35.5 Å². The van der Waals surface area contributed by atoms with Crippen molar-refractivity contribution in [2.45, 2.75) is 19.3 Å². The minimum atomic E-state index is 0.0654. The van der Waals surface area contributed by atoms with Gasteiger partial charge in [-0.1, -0.05) is 18.6 Å². The van der Waals surface area contributed by atoms with Crippen molar-refractivity contribution in [3.8, 4) is 22.8 Å². The van der Waals surface area contributed by atoms with E-state index in [1.165, 1.54) is 0 Å². The van der Waals surface area contributed by atoms with Crippen LogP contribution in [0, 0.1) is 5.92 Å². The van der Waals surface area contributed by atoms with Crippen molar-refractivity contribution in [3.05, 3.63) is 55.0 Å². The molecular weight excluding hydrogens is 390 g/mol. The second kappa shape index (κ2) is 7.02. The van der Waals surface area contributed by atoms with E-state index in [-0.39, 0.29) is 11.8 Å². The van der Waals surface area contributed by atoms with Gasteiger partial charge in [-0.25, -0.2) is 4.98 Å². The van der Waals surface area contributed by atoms with E-state index in [0.717, 1.165) is 58.2 Å². The zero-order chi connectivity index (χ0) is 20.8. The van der Waals surface area contributed by atoms with Gasteiger partial charge in [-0.15, -0.1) is 0 Å². The first kappa shape index (κ1) is 17.8. The predicted molar refractivity (Wildman–Crippen MR) is 118 cm³/mol. The van der Waals surface area contributed by atoms with E-state index in [1.54, 1.807) is 18.6 Å². The highest BCUT2D eigenvalue weighted by atomic mass is 16.1. The van der Waals surface area contributed by atoms with Gasteiger partial charge in [-0.3, -0.25) is 19.9 Å². The molecule has 31 heavy (non-hydrogen) atoms. The summed E-state index contributed by atoms with van der Waals surface area (Å²) < 4.78 is 0. The third-order valence-electron chi connectivity index (χ3n) is 5.84. The van der Waals surface area contributed by atoms with Crippen molar-refractivity contribution >= 4 is 33.5 Å². The number of benzene rings is 1. The Balaban J connectivity index is 1.37. The standard InChI is InChI=1S/C23H19N7O/c31-23(13-4-3-5-13)26-15-8-14(10-24-11-15)19-9-16-20(12-25-19)29-30-21(16)22-27-17-6-1-2-7-18(17)28-22/h1-2,6-13H,3-5H2,(H,26,31)(H,27,28)(H,29,30). The summed E-state index contributed by atoms with van der Waals surface area (Å²) in [4.78, 5) is 29.1. The van der Waals surface area contributed by atoms with Crippen molar-refractivity contribution in [1.29, 1.82) is 0 Å². The normalized spacial score (nSPS) is 14.1. The molecule has 152 valence electrons. The van der Waals surface area contributed by atoms with Crippen LogP contribution < -0.4 is 5.32 Å². The minimum absolute atomic E-state index is 0.0654. The lowest BCUT2D eigenvalue weighted by Gasteiger charge is -2.24. The van der Waals surface area contributed by atoms with Crippen molar-refractivity contribution in [2.24, 2.45) is 5.92 Å². The SMILES string of the molecule is O=C(Nc1cncc(-c2cc3c(-c4nc5ccccc5[nH]4)n[nH]c3cn2)c1)C1CCC1. The summed E-state index contributed by atoms with van der Waals surface area (Å²) in [6.45, 7) is 0. The average molecular weight is 409 g/mol. The summed E-state index contributed by atoms with van der Waals surface area (Å²) in [7, 11) is 0. The molecule has 1 aliphatic rings. The van der Waals surface area contributed by atoms with E-state index >= 15 is 0 Å². The fourth-order valence-corrected chi connectivity index (χ4v) is 3.88. The summed E-state index contributed by atoms with van der Waals surface area (Å²) in [6.07, 6.45) is 8.21. The number of nitrogens with one attached hydrogen (secondary N) is 3. The molecule has 1 saturated carbocycles. The molecule has 1 fully saturated rings. The number of carbonyl (C=O) groups is 1. The molecule has 0 aliphatic heterocycles. The number of anilines is 1. The van der Waals surface area contributed by atoms with E-state index in [4.69, 9.17) is 0 Å². The van der Waals surface area contributed by atoms with Crippen LogP contribution in [0.15, 0.2) is 55.0 Å². The molecule has 0 unspecified atom stereocenters. The molecule has 0 spiro atoms. The number of hydrogen-bond donors (Lipinski definition) is 3. The van der Waals surface area contributed by atoms with Gasteiger partial charge in [0.15, 0.2) is 5.82 Å². The molecule has 8 nitrogen and oxygen atoms in total. The zero-order valence-electron chi connectivity index (χ0n) is 16.6. The van der Waals surface area contributed by atoms with Gasteiger partial charge < -0.3 is 10.3 Å². The highest BCUT2D eigenvalue weighted by Crippen LogP contribution is 2.30. The number of amides is 1. The second-order valence-corrected chi connectivity index (χ2v) is 7.87. The first-order chi connectivity index (χ1) is 15.2. The van der Waals surface area contributed by atoms with Gasteiger partial charge in [-0.2, -0.15) is 5.10 Å². The van der Waals surface area contributed by atoms with Crippen LogP contribution in [0.25, 0.3) is 44.7 Å². The third-order valence-corrected chi connectivity index (χ3v) is 5.84. The zero-order valence-corrected chi connectivity index (χ0v) is 16.6. The summed E-state index contributed by atoms with van der Waals surface area (Å²) in [5, 5.41) is 11.4. The predicted octanol–water partition coefficient (Wildman–Crippen LogP) is 4.30. The van der Waals surface area contributed by atoms with Gasteiger partial charge in [0.1, 0.15) is 5.69 Å². The lowest BCUT2D eigenvalue weighted by molar-refractivity contribution is -0.122. The molecule has 4 heterocycles. The van der Waals surface area contributed by atoms with Crippen molar-refractivity contribution in [1.82, 2.24) is 30.1 Å². The summed E-state index contributed by atoms with van der Waals surface area (Å²) in [5.74, 6) is 0.885. The maximum absolute atomic E-state index is 12.3. The van der Waals surface area contributed by atoms with E-state index < -0.39 is 0 Å². The molecule has 6 rings (SSSR count). The number of nitrogens with zero attached hydrogens (tertiary/aromatic N) is 4. The lowest BCUT2D eigenvalue weighted by atomic mass is 9.85. The van der Waals surface area contributed by atoms with Crippen LogP contribution in [-0.4, -0.2) is 36.0 Å². The van der Waals surface area contributed by atoms with E-state index in [9.17, 15) is 4.79 Å². The topological polar surface area (TPSA) is 112 Å². The smallest absolute Gasteiger partial charge is 0.227 e. The number of hydrogen-bond acceptors (Lipinski definition) is 5. The minimum Gasteiger partial charge on any atom is -0.337 e. The Hall–Kier alpha value is -4.07. The molecule has 0 radical (unpaired) electrons. The van der Waals surface area contributed by atoms with Crippen LogP contribution in [-0.2, 0) is 4.79 Å². The van der Waals surface area contributed by atoms with Crippen LogP contribution in [0.3, 0.4) is 0 Å². The molecule has 0 bridgehead atoms. The Morgan fingerprint density at radius 1 is 1.06 bits per heavy atom. The quantitative estimate of drug-likeness (QED) is 0.410. The van der Waals surface area contributed by atoms with Gasteiger partial charge in [0.2, 0.25) is 5.91 Å². The van der Waals surface area contributed by atoms with Crippen LogP contribution >= 0.6 is 0 Å². The fourth-order valence-electron chi connectivity index (χ4n) is 3.88. The Morgan fingerprint density at radius 2 is 1.97 bits per heavy atom. The number of imidazole rings is 1. The van der Waals surface area contributed by atoms with Gasteiger partial charge in [0, 0.05) is 23.1 Å². The van der Waals surface area contributed by atoms with Gasteiger partial charge in [0.25, 0.3) is 0 Å². The van der Waals surface area contributed by atoms with Crippen LogP contribution in [0.4, 0.5) is 5.69 Å². The Bertz CT molecular complexity index is 1400. The monoisotopic (exact) mass is 409 g/mol. The molecule has 1 aliphatic carbocycles. The molecule has 1 amide bonds. The molecule has 0 saturated heterocycles. The van der Waals surface area contributed by atoms with Crippen LogP contribution in [0.1, 0.15) is 19.3 Å². The Kier molecular flexibility index (Phi) is 4.02. The third kappa shape index (κ3) is 3.13. The van der Waals surface area contributed by atoms with Crippen molar-refractivity contribution in [3.63, 3.8) is 0 Å². The fraction of sp³-hybridized carbons (Fsp3) is 0.174. The van der Waals surface area contributed by atoms with E-state index in [0.29, 0.717) is 11.5 Å². The summed E-state index contributed by atoms with van der Waals surface area (Å²) in [6, 6.07) is 11.8. The van der Waals surface area contributed by atoms with Gasteiger partial charge in [0.05, 0.1) is 40.3 Å². The number of pyridine rings is 2. The maximum atomic E-state index is 12.3. The number of aromatic nitrogens is 6. The van der Waals surface area contributed by atoms with Crippen molar-refractivity contribution in [2.75, 3.05) is 5.32 Å². The number of aromatic amines is 2. The second-order valence-electron chi connectivity index (χ2n) is 7.87. The lowest BCUT2D eigenvalue weighted by Crippen LogP contribution is -2.28. The molecule has 5 aromatic rings. The number of fused-ring (bicyclic) bond motifs is 2. The van der Waals surface area contributed by atoms with Crippen molar-refractivity contribution < 1.29 is 4.79 Å². The number of carbonyl (C=O) groups excluding carboxylic acids is 1. The van der Waals surface area contributed by atoms with Crippen LogP contribution in [0.2, 0.25) is 0 Å². The molecule has 3 N–H and O–H groups in total.